The molecule has 0 spiro atoms. The number of aromatic nitrogens is 2. The number of nitrogens with zero attached hydrogens (tertiary/aromatic N) is 2. The van der Waals surface area contributed by atoms with Crippen molar-refractivity contribution in [2.75, 3.05) is 0 Å². The van der Waals surface area contributed by atoms with Crippen LogP contribution in [0.5, 0.6) is 0 Å². The second kappa shape index (κ2) is 7.22. The molecule has 134 valence electrons. The minimum atomic E-state index is 0.583. The molecule has 0 saturated heterocycles. The lowest BCUT2D eigenvalue weighted by molar-refractivity contribution is 0.892. The third kappa shape index (κ3) is 3.78. The molecule has 0 fully saturated rings. The second-order valence-corrected chi connectivity index (χ2v) is 7.56. The smallest absolute Gasteiger partial charge is 0.0934 e. The predicted octanol–water partition coefficient (Wildman–Crippen LogP) is 7.13. The average molecular weight is 393 g/mol. The Kier molecular flexibility index (Phi) is 4.77. The summed E-state index contributed by atoms with van der Waals surface area (Å²) in [7, 11) is 0. The van der Waals surface area contributed by atoms with Gasteiger partial charge >= 0.3 is 0 Å². The fourth-order valence-electron chi connectivity index (χ4n) is 3.03. The molecule has 4 heteroatoms. The number of hydrogen-bond acceptors (Lipinski definition) is 1. The molecule has 0 amide bonds. The van der Waals surface area contributed by atoms with E-state index >= 15 is 0 Å². The number of aryl methyl sites for hydroxylation is 2. The van der Waals surface area contributed by atoms with E-state index in [9.17, 15) is 0 Å². The van der Waals surface area contributed by atoms with Crippen molar-refractivity contribution in [3.63, 3.8) is 0 Å². The highest BCUT2D eigenvalue weighted by Gasteiger charge is 2.14. The van der Waals surface area contributed by atoms with Gasteiger partial charge in [0.05, 0.1) is 17.1 Å². The van der Waals surface area contributed by atoms with E-state index in [4.69, 9.17) is 28.3 Å². The van der Waals surface area contributed by atoms with Gasteiger partial charge in [-0.3, -0.25) is 0 Å². The summed E-state index contributed by atoms with van der Waals surface area (Å²) in [6.45, 7) is 4.16. The van der Waals surface area contributed by atoms with Crippen LogP contribution in [0.2, 0.25) is 10.0 Å². The summed E-state index contributed by atoms with van der Waals surface area (Å²) >= 11 is 12.5. The normalized spacial score (nSPS) is 11.0. The van der Waals surface area contributed by atoms with Crippen LogP contribution >= 0.6 is 23.2 Å². The maximum Gasteiger partial charge on any atom is 0.0934 e. The molecule has 4 aromatic rings. The van der Waals surface area contributed by atoms with Crippen LogP contribution in [0.15, 0.2) is 72.8 Å². The van der Waals surface area contributed by atoms with Gasteiger partial charge in [0.15, 0.2) is 0 Å². The van der Waals surface area contributed by atoms with E-state index in [-0.39, 0.29) is 0 Å². The van der Waals surface area contributed by atoms with Crippen molar-refractivity contribution in [1.82, 2.24) is 9.78 Å². The van der Waals surface area contributed by atoms with Gasteiger partial charge in [-0.15, -0.1) is 0 Å². The molecule has 0 aliphatic carbocycles. The quantitative estimate of drug-likeness (QED) is 0.362. The highest BCUT2D eigenvalue weighted by atomic mass is 35.5. The van der Waals surface area contributed by atoms with Crippen LogP contribution in [0.1, 0.15) is 11.1 Å². The number of benzene rings is 3. The predicted molar refractivity (Wildman–Crippen MR) is 114 cm³/mol. The summed E-state index contributed by atoms with van der Waals surface area (Å²) in [6.07, 6.45) is 0. The second-order valence-electron chi connectivity index (χ2n) is 6.69. The van der Waals surface area contributed by atoms with Gasteiger partial charge in [0.25, 0.3) is 0 Å². The van der Waals surface area contributed by atoms with Crippen LogP contribution in [0.25, 0.3) is 28.2 Å². The van der Waals surface area contributed by atoms with E-state index < -0.39 is 0 Å². The Balaban J connectivity index is 1.92. The molecule has 3 aromatic carbocycles. The van der Waals surface area contributed by atoms with E-state index in [2.05, 4.69) is 68.4 Å². The van der Waals surface area contributed by atoms with Crippen LogP contribution < -0.4 is 0 Å². The van der Waals surface area contributed by atoms with Gasteiger partial charge in [-0.2, -0.15) is 5.10 Å². The number of rotatable bonds is 3. The van der Waals surface area contributed by atoms with E-state index in [1.54, 1.807) is 6.07 Å². The molecule has 0 atom stereocenters. The first-order chi connectivity index (χ1) is 13.0. The first kappa shape index (κ1) is 17.8. The maximum absolute atomic E-state index is 6.23. The van der Waals surface area contributed by atoms with Crippen LogP contribution in [0.3, 0.4) is 0 Å². The zero-order chi connectivity index (χ0) is 19.0. The van der Waals surface area contributed by atoms with Crippen molar-refractivity contribution < 1.29 is 0 Å². The summed E-state index contributed by atoms with van der Waals surface area (Å²) in [5.74, 6) is 0. The zero-order valence-corrected chi connectivity index (χ0v) is 16.6. The van der Waals surface area contributed by atoms with Crippen LogP contribution in [0.4, 0.5) is 0 Å². The monoisotopic (exact) mass is 392 g/mol. The summed E-state index contributed by atoms with van der Waals surface area (Å²) in [5, 5.41) is 6.03. The Hall–Kier alpha value is -2.55. The molecule has 0 aliphatic heterocycles. The van der Waals surface area contributed by atoms with Gasteiger partial charge in [-0.1, -0.05) is 82.9 Å². The van der Waals surface area contributed by atoms with Crippen molar-refractivity contribution >= 4 is 23.2 Å². The molecule has 4 rings (SSSR count). The number of halogens is 2. The Morgan fingerprint density at radius 3 is 1.74 bits per heavy atom. The van der Waals surface area contributed by atoms with Crippen molar-refractivity contribution in [2.45, 2.75) is 13.8 Å². The number of hydrogen-bond donors (Lipinski definition) is 0. The van der Waals surface area contributed by atoms with Gasteiger partial charge in [0.2, 0.25) is 0 Å². The highest BCUT2D eigenvalue weighted by molar-refractivity contribution is 6.34. The van der Waals surface area contributed by atoms with Gasteiger partial charge in [0, 0.05) is 21.2 Å². The molecular weight excluding hydrogens is 375 g/mol. The SMILES string of the molecule is Cc1ccc(-c2cc(-c3ccc(C)cc3)n(-c3cc(Cl)cc(Cl)c3)n2)cc1. The maximum atomic E-state index is 6.23. The topological polar surface area (TPSA) is 17.8 Å². The molecule has 0 aliphatic rings. The van der Waals surface area contributed by atoms with Gasteiger partial charge < -0.3 is 0 Å². The van der Waals surface area contributed by atoms with Crippen LogP contribution in [-0.2, 0) is 0 Å². The zero-order valence-electron chi connectivity index (χ0n) is 15.1. The molecule has 27 heavy (non-hydrogen) atoms. The summed E-state index contributed by atoms with van der Waals surface area (Å²) in [6, 6.07) is 24.3. The van der Waals surface area contributed by atoms with Crippen molar-refractivity contribution in [2.24, 2.45) is 0 Å². The third-order valence-corrected chi connectivity index (χ3v) is 4.93. The Bertz CT molecular complexity index is 1070. The third-order valence-electron chi connectivity index (χ3n) is 4.50. The largest absolute Gasteiger partial charge is 0.232 e. The molecule has 1 aromatic heterocycles. The van der Waals surface area contributed by atoms with Crippen molar-refractivity contribution in [1.29, 1.82) is 0 Å². The lowest BCUT2D eigenvalue weighted by Crippen LogP contribution is -1.99. The summed E-state index contributed by atoms with van der Waals surface area (Å²) in [5.41, 5.74) is 7.32. The minimum absolute atomic E-state index is 0.583. The highest BCUT2D eigenvalue weighted by Crippen LogP contribution is 2.31. The molecule has 0 N–H and O–H groups in total. The average Bonchev–Trinajstić information content (AvgIpc) is 3.07. The molecule has 0 radical (unpaired) electrons. The fourth-order valence-corrected chi connectivity index (χ4v) is 3.55. The first-order valence-corrected chi connectivity index (χ1v) is 9.46. The standard InChI is InChI=1S/C23H18Cl2N2/c1-15-3-7-17(8-4-15)22-14-23(18-9-5-16(2)6-10-18)27(26-22)21-12-19(24)11-20(25)13-21/h3-14H,1-2H3. The Labute approximate surface area is 169 Å². The summed E-state index contributed by atoms with van der Waals surface area (Å²) < 4.78 is 1.90. The summed E-state index contributed by atoms with van der Waals surface area (Å²) in [4.78, 5) is 0. The molecule has 0 saturated carbocycles. The molecule has 1 heterocycles. The fraction of sp³-hybridized carbons (Fsp3) is 0.0870. The lowest BCUT2D eigenvalue weighted by Gasteiger charge is -2.09. The molecular formula is C23H18Cl2N2. The molecule has 0 bridgehead atoms. The van der Waals surface area contributed by atoms with Crippen LogP contribution in [-0.4, -0.2) is 9.78 Å². The minimum Gasteiger partial charge on any atom is -0.232 e. The van der Waals surface area contributed by atoms with Crippen LogP contribution in [0, 0.1) is 13.8 Å². The van der Waals surface area contributed by atoms with Crippen molar-refractivity contribution in [3.05, 3.63) is 94.0 Å². The lowest BCUT2D eigenvalue weighted by atomic mass is 10.1. The van der Waals surface area contributed by atoms with Gasteiger partial charge in [-0.25, -0.2) is 4.68 Å². The van der Waals surface area contributed by atoms with Gasteiger partial charge in [-0.05, 0) is 38.1 Å². The van der Waals surface area contributed by atoms with E-state index in [0.717, 1.165) is 28.2 Å². The van der Waals surface area contributed by atoms with E-state index in [1.165, 1.54) is 11.1 Å². The first-order valence-electron chi connectivity index (χ1n) is 8.70. The molecule has 0 unspecified atom stereocenters. The van der Waals surface area contributed by atoms with Crippen molar-refractivity contribution in [3.8, 4) is 28.2 Å². The van der Waals surface area contributed by atoms with E-state index in [1.807, 2.05) is 16.8 Å². The van der Waals surface area contributed by atoms with Gasteiger partial charge in [0.1, 0.15) is 0 Å². The Morgan fingerprint density at radius 2 is 1.19 bits per heavy atom. The Morgan fingerprint density at radius 1 is 0.667 bits per heavy atom. The molecule has 2 nitrogen and oxygen atoms in total. The van der Waals surface area contributed by atoms with E-state index in [0.29, 0.717) is 10.0 Å².